The van der Waals surface area contributed by atoms with Crippen LogP contribution >= 0.6 is 46.6 Å². The highest BCUT2D eigenvalue weighted by molar-refractivity contribution is 7.99. The first-order valence-corrected chi connectivity index (χ1v) is 11.1. The molecule has 0 bridgehead atoms. The second-order valence-corrected chi connectivity index (χ2v) is 8.36. The van der Waals surface area contributed by atoms with Crippen LogP contribution in [0.2, 0.25) is 15.1 Å². The summed E-state index contributed by atoms with van der Waals surface area (Å²) < 4.78 is 3.36. The number of carbonyl (C=O) groups is 1. The first-order chi connectivity index (χ1) is 14.8. The van der Waals surface area contributed by atoms with Gasteiger partial charge in [0.25, 0.3) is 0 Å². The first-order valence-electron chi connectivity index (χ1n) is 8.94. The average Bonchev–Trinajstić information content (AvgIpc) is 3.35. The molecule has 0 aliphatic heterocycles. The molecule has 3 aromatic rings. The summed E-state index contributed by atoms with van der Waals surface area (Å²) in [5, 5.41) is 27.2. The Hall–Kier alpha value is -2.34. The van der Waals surface area contributed by atoms with E-state index in [2.05, 4.69) is 20.6 Å². The minimum atomic E-state index is -0.497. The highest BCUT2D eigenvalue weighted by atomic mass is 35.5. The van der Waals surface area contributed by atoms with Gasteiger partial charge in [0.1, 0.15) is 18.2 Å². The van der Waals surface area contributed by atoms with Crippen molar-refractivity contribution in [1.29, 1.82) is 0 Å². The molecule has 0 saturated heterocycles. The fourth-order valence-corrected chi connectivity index (χ4v) is 4.06. The van der Waals surface area contributed by atoms with Crippen molar-refractivity contribution >= 4 is 63.8 Å². The summed E-state index contributed by atoms with van der Waals surface area (Å²) >= 11 is 19.2. The molecule has 0 aliphatic rings. The molecule has 1 amide bonds. The van der Waals surface area contributed by atoms with E-state index in [0.29, 0.717) is 41.2 Å². The molecule has 10 nitrogen and oxygen atoms in total. The fraction of sp³-hybridized carbons (Fsp3) is 0.294. The minimum absolute atomic E-state index is 0.0682. The lowest BCUT2D eigenvalue weighted by atomic mass is 10.3. The van der Waals surface area contributed by atoms with Crippen LogP contribution in [0, 0.1) is 10.1 Å². The Morgan fingerprint density at radius 1 is 1.23 bits per heavy atom. The minimum Gasteiger partial charge on any atom is -0.324 e. The Labute approximate surface area is 196 Å². The van der Waals surface area contributed by atoms with Crippen molar-refractivity contribution in [2.45, 2.75) is 31.6 Å². The first kappa shape index (κ1) is 23.3. The molecule has 1 N–H and O–H groups in total. The molecule has 2 aromatic heterocycles. The fourth-order valence-electron chi connectivity index (χ4n) is 2.65. The summed E-state index contributed by atoms with van der Waals surface area (Å²) in [5.74, 6) is 0.484. The number of halogens is 3. The highest BCUT2D eigenvalue weighted by Gasteiger charge is 2.15. The number of rotatable bonds is 9. The van der Waals surface area contributed by atoms with Crippen LogP contribution in [0.15, 0.2) is 29.7 Å². The zero-order chi connectivity index (χ0) is 22.5. The van der Waals surface area contributed by atoms with Crippen LogP contribution < -0.4 is 5.32 Å². The number of hydrogen-bond acceptors (Lipinski definition) is 7. The molecular weight excluding hydrogens is 489 g/mol. The van der Waals surface area contributed by atoms with Crippen LogP contribution in [0.25, 0.3) is 0 Å². The molecule has 1 aromatic carbocycles. The van der Waals surface area contributed by atoms with Gasteiger partial charge in [0, 0.05) is 19.5 Å². The van der Waals surface area contributed by atoms with Crippen molar-refractivity contribution in [3.05, 3.63) is 55.5 Å². The third kappa shape index (κ3) is 5.88. The molecule has 31 heavy (non-hydrogen) atoms. The van der Waals surface area contributed by atoms with E-state index in [4.69, 9.17) is 34.8 Å². The van der Waals surface area contributed by atoms with Gasteiger partial charge in [-0.05, 0) is 19.1 Å². The van der Waals surface area contributed by atoms with Gasteiger partial charge in [-0.15, -0.1) is 10.2 Å². The number of nitrogens with zero attached hydrogens (tertiary/aromatic N) is 6. The Kier molecular flexibility index (Phi) is 7.76. The quantitative estimate of drug-likeness (QED) is 0.199. The largest absolute Gasteiger partial charge is 0.324 e. The third-order valence-electron chi connectivity index (χ3n) is 4.12. The number of aromatic nitrogens is 5. The summed E-state index contributed by atoms with van der Waals surface area (Å²) in [6.07, 6.45) is 3.04. The van der Waals surface area contributed by atoms with E-state index in [-0.39, 0.29) is 27.4 Å². The lowest BCUT2D eigenvalue weighted by Crippen LogP contribution is -2.15. The van der Waals surface area contributed by atoms with Crippen molar-refractivity contribution in [2.24, 2.45) is 0 Å². The van der Waals surface area contributed by atoms with Gasteiger partial charge >= 0.3 is 5.69 Å². The van der Waals surface area contributed by atoms with E-state index in [0.717, 1.165) is 0 Å². The molecule has 0 fully saturated rings. The zero-order valence-electron chi connectivity index (χ0n) is 16.1. The lowest BCUT2D eigenvalue weighted by Gasteiger charge is -2.09. The Bertz CT molecular complexity index is 1120. The molecule has 0 atom stereocenters. The Morgan fingerprint density at radius 3 is 2.65 bits per heavy atom. The maximum atomic E-state index is 12.3. The Balaban J connectivity index is 1.59. The van der Waals surface area contributed by atoms with Crippen LogP contribution in [0.3, 0.4) is 0 Å². The molecule has 0 aliphatic carbocycles. The number of anilines is 1. The number of nitro groups is 1. The maximum absolute atomic E-state index is 12.3. The smallest absolute Gasteiger partial charge is 0.306 e. The molecule has 14 heteroatoms. The maximum Gasteiger partial charge on any atom is 0.306 e. The van der Waals surface area contributed by atoms with Gasteiger partial charge in [-0.25, -0.2) is 0 Å². The molecule has 164 valence electrons. The van der Waals surface area contributed by atoms with E-state index in [1.165, 1.54) is 41.0 Å². The second-order valence-electron chi connectivity index (χ2n) is 6.19. The van der Waals surface area contributed by atoms with Gasteiger partial charge in [0.2, 0.25) is 5.91 Å². The summed E-state index contributed by atoms with van der Waals surface area (Å²) in [7, 11) is 0. The van der Waals surface area contributed by atoms with Gasteiger partial charge in [-0.2, -0.15) is 5.10 Å². The summed E-state index contributed by atoms with van der Waals surface area (Å²) in [6.45, 7) is 2.95. The molecule has 3 rings (SSSR count). The second kappa shape index (κ2) is 10.3. The zero-order valence-corrected chi connectivity index (χ0v) is 19.2. The number of amides is 1. The standard InChI is InChI=1S/C17H16Cl3N7O3S/c1-2-26-15(3-4-25-8-10(7-21-25)27(29)30)23-24-17(26)31-9-16(28)22-14-6-12(19)11(18)5-13(14)20/h5-8H,2-4,9H2,1H3,(H,22,28). The van der Waals surface area contributed by atoms with E-state index in [1.807, 2.05) is 11.5 Å². The van der Waals surface area contributed by atoms with E-state index in [1.54, 1.807) is 0 Å². The summed E-state index contributed by atoms with van der Waals surface area (Å²) in [4.78, 5) is 22.6. The third-order valence-corrected chi connectivity index (χ3v) is 6.12. The van der Waals surface area contributed by atoms with Gasteiger partial charge in [-0.3, -0.25) is 19.6 Å². The number of benzene rings is 1. The SMILES string of the molecule is CCn1c(CCn2cc([N+](=O)[O-])cn2)nnc1SCC(=O)Nc1cc(Cl)c(Cl)cc1Cl. The number of thioether (sulfide) groups is 1. The van der Waals surface area contributed by atoms with E-state index in [9.17, 15) is 14.9 Å². The number of aryl methyl sites for hydroxylation is 2. The molecular formula is C17H16Cl3N7O3S. The van der Waals surface area contributed by atoms with Crippen molar-refractivity contribution in [2.75, 3.05) is 11.1 Å². The average molecular weight is 505 g/mol. The van der Waals surface area contributed by atoms with Gasteiger partial charge < -0.3 is 9.88 Å². The lowest BCUT2D eigenvalue weighted by molar-refractivity contribution is -0.385. The number of nitrogens with one attached hydrogen (secondary N) is 1. The Morgan fingerprint density at radius 2 is 1.97 bits per heavy atom. The predicted molar refractivity (Wildman–Crippen MR) is 119 cm³/mol. The van der Waals surface area contributed by atoms with E-state index < -0.39 is 4.92 Å². The van der Waals surface area contributed by atoms with E-state index >= 15 is 0 Å². The topological polar surface area (TPSA) is 121 Å². The van der Waals surface area contributed by atoms with Crippen molar-refractivity contribution < 1.29 is 9.72 Å². The van der Waals surface area contributed by atoms with Gasteiger partial charge in [0.15, 0.2) is 5.16 Å². The summed E-state index contributed by atoms with van der Waals surface area (Å²) in [6, 6.07) is 2.95. The van der Waals surface area contributed by atoms with Crippen molar-refractivity contribution in [3.63, 3.8) is 0 Å². The van der Waals surface area contributed by atoms with Crippen LogP contribution in [0.1, 0.15) is 12.7 Å². The normalized spacial score (nSPS) is 11.0. The molecule has 0 unspecified atom stereocenters. The van der Waals surface area contributed by atoms with Crippen molar-refractivity contribution in [1.82, 2.24) is 24.5 Å². The molecule has 0 spiro atoms. The van der Waals surface area contributed by atoms with Crippen molar-refractivity contribution in [3.8, 4) is 0 Å². The van der Waals surface area contributed by atoms with Crippen LogP contribution in [-0.4, -0.2) is 41.1 Å². The monoisotopic (exact) mass is 503 g/mol. The molecule has 0 saturated carbocycles. The van der Waals surface area contributed by atoms with Crippen LogP contribution in [0.4, 0.5) is 11.4 Å². The van der Waals surface area contributed by atoms with Crippen LogP contribution in [-0.2, 0) is 24.3 Å². The van der Waals surface area contributed by atoms with Gasteiger partial charge in [-0.1, -0.05) is 46.6 Å². The molecule has 0 radical (unpaired) electrons. The highest BCUT2D eigenvalue weighted by Crippen LogP contribution is 2.32. The number of hydrogen-bond donors (Lipinski definition) is 1. The predicted octanol–water partition coefficient (Wildman–Crippen LogP) is 4.34. The summed E-state index contributed by atoms with van der Waals surface area (Å²) in [5.41, 5.74) is 0.300. The van der Waals surface area contributed by atoms with Gasteiger partial charge in [0.05, 0.1) is 31.4 Å². The number of carbonyl (C=O) groups excluding carboxylic acids is 1. The molecule has 2 heterocycles. The van der Waals surface area contributed by atoms with Crippen LogP contribution in [0.5, 0.6) is 0 Å².